The van der Waals surface area contributed by atoms with Crippen molar-refractivity contribution in [3.8, 4) is 0 Å². The molecule has 0 aliphatic heterocycles. The molecule has 0 unspecified atom stereocenters. The van der Waals surface area contributed by atoms with Crippen LogP contribution in [0, 0.1) is 0 Å². The van der Waals surface area contributed by atoms with Crippen molar-refractivity contribution < 1.29 is 4.21 Å². The Hall–Kier alpha value is -0.640. The average Bonchev–Trinajstić information content (AvgIpc) is 2.94. The van der Waals surface area contributed by atoms with Gasteiger partial charge in [0.05, 0.1) is 10.8 Å². The standard InChI is InChI=1S/C18H34N2OS/c1-3-4-5-6-7-8-9-10-11-12-13-14-17-22(21)18-19-15-16-20(18)2/h15-16H,3-14,17H2,1-2H3/t22-/m1/s1. The number of nitrogens with zero attached hydrogens (tertiary/aromatic N) is 2. The summed E-state index contributed by atoms with van der Waals surface area (Å²) in [5.74, 6) is 0.752. The van der Waals surface area contributed by atoms with Crippen LogP contribution in [-0.2, 0) is 17.8 Å². The third-order valence-electron chi connectivity index (χ3n) is 4.16. The highest BCUT2D eigenvalue weighted by Gasteiger charge is 2.07. The molecule has 0 aliphatic carbocycles. The van der Waals surface area contributed by atoms with E-state index < -0.39 is 10.8 Å². The van der Waals surface area contributed by atoms with Gasteiger partial charge in [0.15, 0.2) is 5.16 Å². The van der Waals surface area contributed by atoms with Gasteiger partial charge in [-0.2, -0.15) is 0 Å². The highest BCUT2D eigenvalue weighted by molar-refractivity contribution is 7.84. The van der Waals surface area contributed by atoms with Gasteiger partial charge in [0.25, 0.3) is 0 Å². The third kappa shape index (κ3) is 8.72. The molecule has 0 aromatic carbocycles. The molecular formula is C18H34N2OS. The second-order valence-electron chi connectivity index (χ2n) is 6.26. The fraction of sp³-hybridized carbons (Fsp3) is 0.833. The van der Waals surface area contributed by atoms with Gasteiger partial charge in [-0.1, -0.05) is 77.6 Å². The molecule has 0 amide bonds. The summed E-state index contributed by atoms with van der Waals surface area (Å²) in [6, 6.07) is 0. The van der Waals surface area contributed by atoms with E-state index in [9.17, 15) is 4.21 Å². The van der Waals surface area contributed by atoms with Crippen molar-refractivity contribution in [2.75, 3.05) is 5.75 Å². The van der Waals surface area contributed by atoms with Gasteiger partial charge in [0.1, 0.15) is 0 Å². The van der Waals surface area contributed by atoms with Crippen molar-refractivity contribution >= 4 is 10.8 Å². The van der Waals surface area contributed by atoms with Gasteiger partial charge < -0.3 is 4.57 Å². The van der Waals surface area contributed by atoms with E-state index in [1.54, 1.807) is 6.20 Å². The highest BCUT2D eigenvalue weighted by Crippen LogP contribution is 2.12. The minimum atomic E-state index is -0.927. The van der Waals surface area contributed by atoms with Crippen molar-refractivity contribution in [1.82, 2.24) is 9.55 Å². The molecule has 1 heterocycles. The molecule has 1 rings (SSSR count). The Bertz CT molecular complexity index is 404. The molecule has 0 aliphatic rings. The molecule has 22 heavy (non-hydrogen) atoms. The summed E-state index contributed by atoms with van der Waals surface area (Å²) in [6.07, 6.45) is 19.6. The van der Waals surface area contributed by atoms with Gasteiger partial charge in [0, 0.05) is 25.2 Å². The van der Waals surface area contributed by atoms with Gasteiger partial charge in [-0.15, -0.1) is 0 Å². The summed E-state index contributed by atoms with van der Waals surface area (Å²) >= 11 is 0. The lowest BCUT2D eigenvalue weighted by Crippen LogP contribution is -2.04. The van der Waals surface area contributed by atoms with E-state index in [1.165, 1.54) is 70.6 Å². The maximum absolute atomic E-state index is 12.0. The summed E-state index contributed by atoms with van der Waals surface area (Å²) in [4.78, 5) is 4.15. The molecule has 3 nitrogen and oxygen atoms in total. The van der Waals surface area contributed by atoms with Crippen LogP contribution in [0.25, 0.3) is 0 Å². The van der Waals surface area contributed by atoms with Crippen LogP contribution >= 0.6 is 0 Å². The van der Waals surface area contributed by atoms with E-state index in [1.807, 2.05) is 17.8 Å². The third-order valence-corrected chi connectivity index (χ3v) is 5.62. The van der Waals surface area contributed by atoms with Crippen LogP contribution in [0.5, 0.6) is 0 Å². The minimum Gasteiger partial charge on any atom is -0.327 e. The van der Waals surface area contributed by atoms with Crippen LogP contribution < -0.4 is 0 Å². The number of imidazole rings is 1. The predicted molar refractivity (Wildman–Crippen MR) is 95.6 cm³/mol. The fourth-order valence-corrected chi connectivity index (χ4v) is 3.95. The molecular weight excluding hydrogens is 292 g/mol. The molecule has 0 N–H and O–H groups in total. The number of hydrogen-bond donors (Lipinski definition) is 0. The molecule has 4 heteroatoms. The molecule has 1 aromatic heterocycles. The van der Waals surface area contributed by atoms with E-state index >= 15 is 0 Å². The number of unbranched alkanes of at least 4 members (excludes halogenated alkanes) is 11. The van der Waals surface area contributed by atoms with Crippen molar-refractivity contribution in [1.29, 1.82) is 0 Å². The topological polar surface area (TPSA) is 34.9 Å². The molecule has 0 saturated carbocycles. The van der Waals surface area contributed by atoms with E-state index in [-0.39, 0.29) is 0 Å². The maximum atomic E-state index is 12.0. The van der Waals surface area contributed by atoms with Crippen molar-refractivity contribution in [3.63, 3.8) is 0 Å². The van der Waals surface area contributed by atoms with Gasteiger partial charge in [0.2, 0.25) is 0 Å². The number of hydrogen-bond acceptors (Lipinski definition) is 2. The van der Waals surface area contributed by atoms with Crippen molar-refractivity contribution in [3.05, 3.63) is 12.4 Å². The second-order valence-corrected chi connectivity index (χ2v) is 7.72. The lowest BCUT2D eigenvalue weighted by Gasteiger charge is -2.03. The van der Waals surface area contributed by atoms with Gasteiger partial charge in [-0.25, -0.2) is 4.98 Å². The maximum Gasteiger partial charge on any atom is 0.198 e. The first-order chi connectivity index (χ1) is 10.8. The summed E-state index contributed by atoms with van der Waals surface area (Å²) in [7, 11) is 0.979. The van der Waals surface area contributed by atoms with Gasteiger partial charge in [-0.3, -0.25) is 4.21 Å². The zero-order valence-corrected chi connectivity index (χ0v) is 15.4. The molecule has 1 atom stereocenters. The summed E-state index contributed by atoms with van der Waals surface area (Å²) in [6.45, 7) is 2.27. The predicted octanol–water partition coefficient (Wildman–Crippen LogP) is 5.23. The Morgan fingerprint density at radius 3 is 1.86 bits per heavy atom. The lowest BCUT2D eigenvalue weighted by molar-refractivity contribution is 0.547. The first kappa shape index (κ1) is 19.4. The normalized spacial score (nSPS) is 12.6. The van der Waals surface area contributed by atoms with E-state index in [4.69, 9.17) is 0 Å². The Balaban J connectivity index is 1.86. The lowest BCUT2D eigenvalue weighted by atomic mass is 10.1. The molecule has 0 fully saturated rings. The van der Waals surface area contributed by atoms with Crippen molar-refractivity contribution in [2.45, 2.75) is 89.1 Å². The number of aryl methyl sites for hydroxylation is 1. The second kappa shape index (κ2) is 12.9. The number of rotatable bonds is 14. The van der Waals surface area contributed by atoms with Gasteiger partial charge >= 0.3 is 0 Å². The van der Waals surface area contributed by atoms with E-state index in [0.29, 0.717) is 5.16 Å². The molecule has 0 bridgehead atoms. The van der Waals surface area contributed by atoms with E-state index in [0.717, 1.165) is 12.2 Å². The van der Waals surface area contributed by atoms with Crippen LogP contribution in [0.3, 0.4) is 0 Å². The Morgan fingerprint density at radius 2 is 1.41 bits per heavy atom. The van der Waals surface area contributed by atoms with Crippen LogP contribution in [0.1, 0.15) is 84.0 Å². The van der Waals surface area contributed by atoms with Crippen LogP contribution in [0.15, 0.2) is 17.6 Å². The van der Waals surface area contributed by atoms with Gasteiger partial charge in [-0.05, 0) is 6.42 Å². The van der Waals surface area contributed by atoms with Crippen LogP contribution in [0.2, 0.25) is 0 Å². The Morgan fingerprint density at radius 1 is 0.909 bits per heavy atom. The van der Waals surface area contributed by atoms with E-state index in [2.05, 4.69) is 11.9 Å². The number of aromatic nitrogens is 2. The highest BCUT2D eigenvalue weighted by atomic mass is 32.2. The first-order valence-corrected chi connectivity index (χ1v) is 10.4. The molecule has 0 radical (unpaired) electrons. The zero-order valence-electron chi connectivity index (χ0n) is 14.6. The summed E-state index contributed by atoms with van der Waals surface area (Å²) in [5.41, 5.74) is 0. The molecule has 1 aromatic rings. The zero-order chi connectivity index (χ0) is 16.0. The quantitative estimate of drug-likeness (QED) is 0.439. The molecule has 0 saturated heterocycles. The molecule has 128 valence electrons. The monoisotopic (exact) mass is 326 g/mol. The minimum absolute atomic E-state index is 0.711. The Labute approximate surface area is 139 Å². The largest absolute Gasteiger partial charge is 0.327 e. The average molecular weight is 327 g/mol. The smallest absolute Gasteiger partial charge is 0.198 e. The summed E-state index contributed by atoms with van der Waals surface area (Å²) in [5, 5.41) is 0.711. The van der Waals surface area contributed by atoms with Crippen molar-refractivity contribution in [2.24, 2.45) is 7.05 Å². The first-order valence-electron chi connectivity index (χ1n) is 9.11. The fourth-order valence-electron chi connectivity index (χ4n) is 2.74. The molecule has 0 spiro atoms. The summed E-state index contributed by atoms with van der Waals surface area (Å²) < 4.78 is 13.9. The van der Waals surface area contributed by atoms with Crippen LogP contribution in [0.4, 0.5) is 0 Å². The van der Waals surface area contributed by atoms with Crippen LogP contribution in [-0.4, -0.2) is 19.5 Å². The SMILES string of the molecule is CCCCCCCCCCCCCC[S@@](=O)c1nccn1C. The Kier molecular flexibility index (Phi) is 11.3.